The third-order valence-corrected chi connectivity index (χ3v) is 8.07. The summed E-state index contributed by atoms with van der Waals surface area (Å²) in [6.07, 6.45) is 1.20. The minimum Gasteiger partial charge on any atom is -0.478 e. The maximum Gasteiger partial charge on any atom is 0.347 e. The Morgan fingerprint density at radius 2 is 1.72 bits per heavy atom. The molecule has 3 atom stereocenters. The van der Waals surface area contributed by atoms with Crippen molar-refractivity contribution in [1.29, 1.82) is 0 Å². The molecular weight excluding hydrogens is 565 g/mol. The van der Waals surface area contributed by atoms with Crippen LogP contribution >= 0.6 is 34.8 Å². The van der Waals surface area contributed by atoms with E-state index < -0.39 is 28.9 Å². The van der Waals surface area contributed by atoms with Gasteiger partial charge < -0.3 is 20.5 Å². The van der Waals surface area contributed by atoms with Gasteiger partial charge in [-0.1, -0.05) is 46.9 Å². The van der Waals surface area contributed by atoms with Crippen molar-refractivity contribution in [2.24, 2.45) is 0 Å². The molecule has 0 saturated carbocycles. The Bertz CT molecular complexity index is 1540. The topological polar surface area (TPSA) is 118 Å². The van der Waals surface area contributed by atoms with E-state index in [2.05, 4.69) is 15.6 Å². The highest BCUT2D eigenvalue weighted by atomic mass is 35.5. The second-order valence-corrected chi connectivity index (χ2v) is 11.5. The second-order valence-electron chi connectivity index (χ2n) is 10.2. The van der Waals surface area contributed by atoms with Crippen LogP contribution in [0.5, 0.6) is 5.88 Å². The number of piperidine rings is 1. The van der Waals surface area contributed by atoms with E-state index in [0.717, 1.165) is 5.56 Å². The number of nitrogens with zero attached hydrogens (tertiary/aromatic N) is 1. The van der Waals surface area contributed by atoms with Crippen LogP contribution in [0.25, 0.3) is 0 Å². The number of ether oxygens (including phenoxy) is 1. The number of carboxylic acid groups (broad SMARTS) is 1. The molecule has 3 N–H and O–H groups in total. The summed E-state index contributed by atoms with van der Waals surface area (Å²) in [5, 5.41) is 16.8. The number of aromatic nitrogens is 1. The molecule has 39 heavy (non-hydrogen) atoms. The normalized spacial score (nSPS) is 22.3. The van der Waals surface area contributed by atoms with Gasteiger partial charge in [0.15, 0.2) is 0 Å². The number of nitrogens with one attached hydrogen (secondary N) is 2. The van der Waals surface area contributed by atoms with Gasteiger partial charge in [0.25, 0.3) is 0 Å². The van der Waals surface area contributed by atoms with Crippen molar-refractivity contribution in [2.45, 2.75) is 50.2 Å². The summed E-state index contributed by atoms with van der Waals surface area (Å²) in [6.45, 7) is 4.64. The maximum atomic E-state index is 14.3. The van der Waals surface area contributed by atoms with Gasteiger partial charge in [-0.3, -0.25) is 9.59 Å². The molecule has 1 fully saturated rings. The van der Waals surface area contributed by atoms with Crippen molar-refractivity contribution < 1.29 is 24.2 Å². The van der Waals surface area contributed by atoms with Gasteiger partial charge in [-0.2, -0.15) is 0 Å². The van der Waals surface area contributed by atoms with Crippen LogP contribution in [0.4, 0.5) is 5.69 Å². The molecule has 1 spiro atoms. The molecule has 2 amide bonds. The Hall–Kier alpha value is -3.33. The minimum atomic E-state index is -1.66. The van der Waals surface area contributed by atoms with Crippen LogP contribution in [0.3, 0.4) is 0 Å². The largest absolute Gasteiger partial charge is 0.478 e. The molecule has 5 rings (SSSR count). The van der Waals surface area contributed by atoms with Gasteiger partial charge >= 0.3 is 5.97 Å². The standard InChI is InChI=1S/C28H24Cl3N3O5/c1-13-4-5-14(29)8-17(13)23-28(19-7-6-15(30)10-21(19)33-25(28)36)20(11-22(35)34-23)18-9-16(31)12-32-24(18)39-27(2,3)26(37)38/h4-10,12,20,23H,11H2,1-3H3,(H,33,36)(H,34,35)(H,37,38)/t20-,23+,28?/m1/s1. The number of fused-ring (bicyclic) bond motifs is 2. The fraction of sp³-hybridized carbons (Fsp3) is 0.286. The quantitative estimate of drug-likeness (QED) is 0.345. The number of halogens is 3. The molecule has 0 aliphatic carbocycles. The molecule has 8 nitrogen and oxygen atoms in total. The lowest BCUT2D eigenvalue weighted by molar-refractivity contribution is -0.152. The lowest BCUT2D eigenvalue weighted by Crippen LogP contribution is -2.57. The van der Waals surface area contributed by atoms with Crippen LogP contribution in [0.15, 0.2) is 48.7 Å². The second kappa shape index (κ2) is 9.70. The first-order valence-corrected chi connectivity index (χ1v) is 13.2. The monoisotopic (exact) mass is 587 g/mol. The third-order valence-electron chi connectivity index (χ3n) is 7.39. The maximum absolute atomic E-state index is 14.3. The summed E-state index contributed by atoms with van der Waals surface area (Å²) in [7, 11) is 0. The fourth-order valence-electron chi connectivity index (χ4n) is 5.51. The van der Waals surface area contributed by atoms with E-state index in [1.807, 2.05) is 13.0 Å². The number of rotatable bonds is 5. The third kappa shape index (κ3) is 4.50. The predicted octanol–water partition coefficient (Wildman–Crippen LogP) is 5.83. The average Bonchev–Trinajstić information content (AvgIpc) is 3.14. The van der Waals surface area contributed by atoms with Crippen LogP contribution in [0, 0.1) is 6.92 Å². The van der Waals surface area contributed by atoms with Crippen molar-refractivity contribution in [2.75, 3.05) is 5.32 Å². The van der Waals surface area contributed by atoms with Crippen LogP contribution in [0.1, 0.15) is 54.5 Å². The van der Waals surface area contributed by atoms with Gasteiger partial charge in [-0.05, 0) is 67.8 Å². The number of aryl methyl sites for hydroxylation is 1. The number of amides is 2. The smallest absolute Gasteiger partial charge is 0.347 e. The van der Waals surface area contributed by atoms with Gasteiger partial charge in [0.05, 0.1) is 11.1 Å². The highest BCUT2D eigenvalue weighted by Gasteiger charge is 2.62. The lowest BCUT2D eigenvalue weighted by atomic mass is 9.59. The summed E-state index contributed by atoms with van der Waals surface area (Å²) >= 11 is 19.1. The van der Waals surface area contributed by atoms with Gasteiger partial charge in [-0.15, -0.1) is 0 Å². The SMILES string of the molecule is Cc1ccc(Cl)cc1[C@@H]1NC(=O)C[C@H](c2cc(Cl)cnc2OC(C)(C)C(=O)O)C12C(=O)Nc1cc(Cl)ccc12. The summed E-state index contributed by atoms with van der Waals surface area (Å²) < 4.78 is 5.89. The van der Waals surface area contributed by atoms with E-state index in [1.54, 1.807) is 36.4 Å². The van der Waals surface area contributed by atoms with Gasteiger partial charge in [0.1, 0.15) is 5.41 Å². The first kappa shape index (κ1) is 27.2. The molecule has 3 heterocycles. The molecule has 1 aromatic heterocycles. The zero-order chi connectivity index (χ0) is 28.3. The average molecular weight is 589 g/mol. The van der Waals surface area contributed by atoms with E-state index >= 15 is 0 Å². The van der Waals surface area contributed by atoms with Crippen molar-refractivity contribution >= 4 is 58.3 Å². The molecule has 0 bridgehead atoms. The Morgan fingerprint density at radius 3 is 2.44 bits per heavy atom. The molecule has 0 radical (unpaired) electrons. The Balaban J connectivity index is 1.82. The number of benzene rings is 2. The van der Waals surface area contributed by atoms with Crippen molar-refractivity contribution in [3.8, 4) is 5.88 Å². The van der Waals surface area contributed by atoms with Crippen molar-refractivity contribution in [3.63, 3.8) is 0 Å². The zero-order valence-electron chi connectivity index (χ0n) is 21.1. The number of hydrogen-bond donors (Lipinski definition) is 3. The van der Waals surface area contributed by atoms with Gasteiger partial charge in [0, 0.05) is 39.8 Å². The Morgan fingerprint density at radius 1 is 1.05 bits per heavy atom. The van der Waals surface area contributed by atoms with Crippen molar-refractivity contribution in [1.82, 2.24) is 10.3 Å². The minimum absolute atomic E-state index is 0.0392. The number of carbonyl (C=O) groups is 3. The number of carbonyl (C=O) groups excluding carboxylic acids is 2. The summed E-state index contributed by atoms with van der Waals surface area (Å²) in [6, 6.07) is 11.1. The predicted molar refractivity (Wildman–Crippen MR) is 148 cm³/mol. The summed E-state index contributed by atoms with van der Waals surface area (Å²) in [4.78, 5) is 43.8. The van der Waals surface area contributed by atoms with Crippen molar-refractivity contribution in [3.05, 3.63) is 86.0 Å². The van der Waals surface area contributed by atoms with E-state index in [-0.39, 0.29) is 29.1 Å². The first-order chi connectivity index (χ1) is 18.3. The number of anilines is 1. The lowest BCUT2D eigenvalue weighted by Gasteiger charge is -2.47. The van der Waals surface area contributed by atoms with E-state index in [4.69, 9.17) is 39.5 Å². The molecule has 2 aromatic carbocycles. The van der Waals surface area contributed by atoms with Gasteiger partial charge in [0.2, 0.25) is 23.3 Å². The van der Waals surface area contributed by atoms with Gasteiger partial charge in [-0.25, -0.2) is 9.78 Å². The summed E-state index contributed by atoms with van der Waals surface area (Å²) in [5.41, 5.74) is -0.173. The number of aliphatic carboxylic acids is 1. The van der Waals surface area contributed by atoms with Crippen LogP contribution in [-0.2, 0) is 19.8 Å². The van der Waals surface area contributed by atoms with E-state index in [1.165, 1.54) is 20.0 Å². The van der Waals surface area contributed by atoms with E-state index in [0.29, 0.717) is 32.4 Å². The molecule has 202 valence electrons. The Kier molecular flexibility index (Phi) is 6.77. The fourth-order valence-corrected chi connectivity index (χ4v) is 6.02. The van der Waals surface area contributed by atoms with E-state index in [9.17, 15) is 19.5 Å². The molecule has 2 aliphatic rings. The van der Waals surface area contributed by atoms with Crippen LogP contribution < -0.4 is 15.4 Å². The first-order valence-electron chi connectivity index (χ1n) is 12.1. The molecule has 2 aliphatic heterocycles. The summed E-state index contributed by atoms with van der Waals surface area (Å²) in [5.74, 6) is -2.82. The Labute approximate surface area is 239 Å². The molecule has 1 saturated heterocycles. The molecular formula is C28H24Cl3N3O5. The highest BCUT2D eigenvalue weighted by Crippen LogP contribution is 2.59. The molecule has 3 aromatic rings. The van der Waals surface area contributed by atoms with Crippen LogP contribution in [0.2, 0.25) is 15.1 Å². The number of carboxylic acids is 1. The highest BCUT2D eigenvalue weighted by molar-refractivity contribution is 6.31. The zero-order valence-corrected chi connectivity index (χ0v) is 23.4. The molecule has 1 unspecified atom stereocenters. The number of hydrogen-bond acceptors (Lipinski definition) is 5. The molecule has 11 heteroatoms. The number of pyridine rings is 1. The van der Waals surface area contributed by atoms with Crippen LogP contribution in [-0.4, -0.2) is 33.5 Å².